The summed E-state index contributed by atoms with van der Waals surface area (Å²) < 4.78 is 0.962. The van der Waals surface area contributed by atoms with Gasteiger partial charge >= 0.3 is 0 Å². The first kappa shape index (κ1) is 12.7. The summed E-state index contributed by atoms with van der Waals surface area (Å²) in [4.78, 5) is 13.4. The lowest BCUT2D eigenvalue weighted by Crippen LogP contribution is -2.31. The number of nitriles is 1. The van der Waals surface area contributed by atoms with Crippen molar-refractivity contribution in [2.45, 2.75) is 13.3 Å². The van der Waals surface area contributed by atoms with Gasteiger partial charge in [-0.1, -0.05) is 22.9 Å². The van der Waals surface area contributed by atoms with E-state index in [1.807, 2.05) is 37.3 Å². The Bertz CT molecular complexity index is 408. The molecule has 0 heterocycles. The van der Waals surface area contributed by atoms with Crippen LogP contribution in [-0.2, 0) is 4.79 Å². The highest BCUT2D eigenvalue weighted by Crippen LogP contribution is 2.19. The van der Waals surface area contributed by atoms with Gasteiger partial charge in [0.1, 0.15) is 5.92 Å². The van der Waals surface area contributed by atoms with Crippen LogP contribution in [0.3, 0.4) is 0 Å². The largest absolute Gasteiger partial charge is 0.314 e. The number of halogens is 1. The molecule has 0 N–H and O–H groups in total. The lowest BCUT2D eigenvalue weighted by molar-refractivity contribution is -0.120. The van der Waals surface area contributed by atoms with Crippen LogP contribution >= 0.6 is 15.9 Å². The van der Waals surface area contributed by atoms with Crippen molar-refractivity contribution < 1.29 is 4.79 Å². The Morgan fingerprint density at radius 3 is 2.50 bits per heavy atom. The Labute approximate surface area is 104 Å². The summed E-state index contributed by atoms with van der Waals surface area (Å²) in [6.07, 6.45) is 0.538. The minimum atomic E-state index is -0.561. The van der Waals surface area contributed by atoms with Gasteiger partial charge in [0, 0.05) is 17.2 Å². The molecular formula is C12H13BrN2O. The number of carbonyl (C=O) groups excluding carboxylic acids is 1. The molecule has 0 aliphatic carbocycles. The van der Waals surface area contributed by atoms with Gasteiger partial charge in [-0.05, 0) is 30.7 Å². The molecule has 1 unspecified atom stereocenters. The summed E-state index contributed by atoms with van der Waals surface area (Å²) in [7, 11) is 1.69. The van der Waals surface area contributed by atoms with E-state index in [-0.39, 0.29) is 5.91 Å². The molecule has 1 aromatic rings. The second-order valence-electron chi connectivity index (χ2n) is 3.46. The highest BCUT2D eigenvalue weighted by molar-refractivity contribution is 9.10. The summed E-state index contributed by atoms with van der Waals surface area (Å²) in [5, 5.41) is 8.83. The van der Waals surface area contributed by atoms with Crippen molar-refractivity contribution in [2.24, 2.45) is 5.92 Å². The third-order valence-corrected chi connectivity index (χ3v) is 2.94. The molecule has 0 saturated heterocycles. The van der Waals surface area contributed by atoms with E-state index >= 15 is 0 Å². The highest BCUT2D eigenvalue weighted by atomic mass is 79.9. The molecule has 1 aromatic carbocycles. The quantitative estimate of drug-likeness (QED) is 0.855. The van der Waals surface area contributed by atoms with E-state index < -0.39 is 5.92 Å². The van der Waals surface area contributed by atoms with Crippen LogP contribution in [0.5, 0.6) is 0 Å². The van der Waals surface area contributed by atoms with E-state index in [9.17, 15) is 4.79 Å². The van der Waals surface area contributed by atoms with Gasteiger partial charge in [-0.15, -0.1) is 0 Å². The van der Waals surface area contributed by atoms with Gasteiger partial charge in [0.2, 0.25) is 5.91 Å². The van der Waals surface area contributed by atoms with Crippen molar-refractivity contribution in [1.29, 1.82) is 5.26 Å². The van der Waals surface area contributed by atoms with Crippen molar-refractivity contribution >= 4 is 27.5 Å². The molecule has 0 aliphatic heterocycles. The average Bonchev–Trinajstić information content (AvgIpc) is 2.30. The van der Waals surface area contributed by atoms with E-state index in [0.717, 1.165) is 10.2 Å². The van der Waals surface area contributed by atoms with Crippen LogP contribution in [-0.4, -0.2) is 13.0 Å². The number of hydrogen-bond donors (Lipinski definition) is 0. The number of anilines is 1. The fraction of sp³-hybridized carbons (Fsp3) is 0.333. The summed E-state index contributed by atoms with van der Waals surface area (Å²) in [6.45, 7) is 1.83. The predicted molar refractivity (Wildman–Crippen MR) is 66.9 cm³/mol. The normalized spacial score (nSPS) is 11.6. The van der Waals surface area contributed by atoms with Crippen LogP contribution in [0, 0.1) is 17.2 Å². The highest BCUT2D eigenvalue weighted by Gasteiger charge is 2.20. The van der Waals surface area contributed by atoms with Crippen LogP contribution < -0.4 is 4.90 Å². The van der Waals surface area contributed by atoms with Crippen LogP contribution in [0.15, 0.2) is 28.7 Å². The summed E-state index contributed by atoms with van der Waals surface area (Å²) in [6, 6.07) is 9.43. The zero-order valence-electron chi connectivity index (χ0n) is 9.27. The molecule has 1 rings (SSSR count). The maximum absolute atomic E-state index is 11.9. The van der Waals surface area contributed by atoms with E-state index in [2.05, 4.69) is 15.9 Å². The van der Waals surface area contributed by atoms with Gasteiger partial charge in [0.05, 0.1) is 6.07 Å². The van der Waals surface area contributed by atoms with Crippen LogP contribution in [0.25, 0.3) is 0 Å². The number of carbonyl (C=O) groups is 1. The van der Waals surface area contributed by atoms with E-state index in [1.54, 1.807) is 7.05 Å². The SMILES string of the molecule is CCC(C#N)C(=O)N(C)c1ccc(Br)cc1. The van der Waals surface area contributed by atoms with E-state index in [0.29, 0.717) is 6.42 Å². The molecule has 0 aromatic heterocycles. The van der Waals surface area contributed by atoms with Crippen molar-refractivity contribution in [3.63, 3.8) is 0 Å². The van der Waals surface area contributed by atoms with E-state index in [4.69, 9.17) is 5.26 Å². The van der Waals surface area contributed by atoms with Gasteiger partial charge in [0.15, 0.2) is 0 Å². The topological polar surface area (TPSA) is 44.1 Å². The lowest BCUT2D eigenvalue weighted by Gasteiger charge is -2.19. The standard InChI is InChI=1S/C12H13BrN2O/c1-3-9(8-14)12(16)15(2)11-6-4-10(13)5-7-11/h4-7,9H,3H2,1-2H3. The van der Waals surface area contributed by atoms with Crippen molar-refractivity contribution in [1.82, 2.24) is 0 Å². The van der Waals surface area contributed by atoms with E-state index in [1.165, 1.54) is 4.90 Å². The van der Waals surface area contributed by atoms with Gasteiger partial charge in [0.25, 0.3) is 0 Å². The monoisotopic (exact) mass is 280 g/mol. The lowest BCUT2D eigenvalue weighted by atomic mass is 10.1. The number of rotatable bonds is 3. The fourth-order valence-electron chi connectivity index (χ4n) is 1.35. The molecular weight excluding hydrogens is 268 g/mol. The molecule has 4 heteroatoms. The maximum Gasteiger partial charge on any atom is 0.244 e. The first-order valence-electron chi connectivity index (χ1n) is 5.03. The summed E-state index contributed by atoms with van der Waals surface area (Å²) in [5.74, 6) is -0.721. The van der Waals surface area contributed by atoms with Gasteiger partial charge in [-0.2, -0.15) is 5.26 Å². The van der Waals surface area contributed by atoms with Gasteiger partial charge in [-0.3, -0.25) is 4.79 Å². The molecule has 0 aliphatic rings. The van der Waals surface area contributed by atoms with Crippen LogP contribution in [0.2, 0.25) is 0 Å². The first-order valence-corrected chi connectivity index (χ1v) is 5.82. The first-order chi connectivity index (χ1) is 7.60. The molecule has 0 fully saturated rings. The summed E-state index contributed by atoms with van der Waals surface area (Å²) >= 11 is 3.33. The minimum absolute atomic E-state index is 0.160. The maximum atomic E-state index is 11.9. The number of nitrogens with zero attached hydrogens (tertiary/aromatic N) is 2. The molecule has 84 valence electrons. The number of benzene rings is 1. The zero-order chi connectivity index (χ0) is 12.1. The van der Waals surface area contributed by atoms with Crippen LogP contribution in [0.1, 0.15) is 13.3 Å². The van der Waals surface area contributed by atoms with Crippen molar-refractivity contribution in [3.8, 4) is 6.07 Å². The smallest absolute Gasteiger partial charge is 0.244 e. The summed E-state index contributed by atoms with van der Waals surface area (Å²) in [5.41, 5.74) is 0.793. The molecule has 16 heavy (non-hydrogen) atoms. The molecule has 1 atom stereocenters. The second kappa shape index (κ2) is 5.66. The Hall–Kier alpha value is -1.34. The number of hydrogen-bond acceptors (Lipinski definition) is 2. The van der Waals surface area contributed by atoms with Crippen LogP contribution in [0.4, 0.5) is 5.69 Å². The molecule has 0 radical (unpaired) electrons. The minimum Gasteiger partial charge on any atom is -0.314 e. The molecule has 3 nitrogen and oxygen atoms in total. The number of amides is 1. The second-order valence-corrected chi connectivity index (χ2v) is 4.38. The van der Waals surface area contributed by atoms with Crippen molar-refractivity contribution in [3.05, 3.63) is 28.7 Å². The Balaban J connectivity index is 2.86. The molecule has 1 amide bonds. The molecule has 0 saturated carbocycles. The Morgan fingerprint density at radius 2 is 2.06 bits per heavy atom. The van der Waals surface area contributed by atoms with Crippen molar-refractivity contribution in [2.75, 3.05) is 11.9 Å². The Morgan fingerprint density at radius 1 is 1.50 bits per heavy atom. The third-order valence-electron chi connectivity index (χ3n) is 2.41. The predicted octanol–water partition coefficient (Wildman–Crippen LogP) is 2.96. The molecule has 0 bridgehead atoms. The zero-order valence-corrected chi connectivity index (χ0v) is 10.9. The third kappa shape index (κ3) is 2.83. The van der Waals surface area contributed by atoms with Gasteiger partial charge < -0.3 is 4.90 Å². The molecule has 0 spiro atoms. The van der Waals surface area contributed by atoms with Gasteiger partial charge in [-0.25, -0.2) is 0 Å². The Kier molecular flexibility index (Phi) is 4.51. The fourth-order valence-corrected chi connectivity index (χ4v) is 1.61. The average molecular weight is 281 g/mol.